The van der Waals surface area contributed by atoms with Gasteiger partial charge in [0.05, 0.1) is 0 Å². The number of rotatable bonds is 6. The van der Waals surface area contributed by atoms with E-state index in [4.69, 9.17) is 0 Å². The summed E-state index contributed by atoms with van der Waals surface area (Å²) >= 11 is 1.85. The van der Waals surface area contributed by atoms with E-state index < -0.39 is 0 Å². The molecule has 0 saturated carbocycles. The molecule has 1 aromatic rings. The van der Waals surface area contributed by atoms with Gasteiger partial charge >= 0.3 is 0 Å². The molecule has 5 heteroatoms. The van der Waals surface area contributed by atoms with E-state index in [2.05, 4.69) is 47.9 Å². The minimum absolute atomic E-state index is 0.413. The number of nitrogens with one attached hydrogen (secondary N) is 1. The predicted octanol–water partition coefficient (Wildman–Crippen LogP) is 2.73. The first-order chi connectivity index (χ1) is 9.65. The second-order valence-corrected chi connectivity index (χ2v) is 6.75. The minimum Gasteiger partial charge on any atom is -0.345 e. The van der Waals surface area contributed by atoms with Crippen molar-refractivity contribution in [3.05, 3.63) is 11.1 Å². The number of hydrogen-bond acceptors (Lipinski definition) is 5. The highest BCUT2D eigenvalue weighted by Crippen LogP contribution is 2.28. The standard InChI is InChI=1S/C15H28N4S/c1-5-7-16-12(3)14-10-17-15(20-14)19-9-8-18(4)13(6-2)11-19/h10,12-13,16H,5-9,11H2,1-4H3. The summed E-state index contributed by atoms with van der Waals surface area (Å²) in [4.78, 5) is 10.9. The molecule has 0 radical (unpaired) electrons. The quantitative estimate of drug-likeness (QED) is 0.874. The lowest BCUT2D eigenvalue weighted by atomic mass is 10.1. The van der Waals surface area contributed by atoms with Crippen molar-refractivity contribution in [2.45, 2.75) is 45.7 Å². The molecule has 1 N–H and O–H groups in total. The number of thiazole rings is 1. The molecule has 4 nitrogen and oxygen atoms in total. The van der Waals surface area contributed by atoms with Crippen molar-refractivity contribution in [2.24, 2.45) is 0 Å². The molecule has 2 atom stereocenters. The maximum absolute atomic E-state index is 4.65. The molecule has 0 bridgehead atoms. The summed E-state index contributed by atoms with van der Waals surface area (Å²) < 4.78 is 0. The van der Waals surface area contributed by atoms with Gasteiger partial charge in [-0.25, -0.2) is 4.98 Å². The van der Waals surface area contributed by atoms with Crippen molar-refractivity contribution in [3.8, 4) is 0 Å². The van der Waals surface area contributed by atoms with Crippen molar-refractivity contribution < 1.29 is 0 Å². The fourth-order valence-corrected chi connectivity index (χ4v) is 3.62. The molecular weight excluding hydrogens is 268 g/mol. The van der Waals surface area contributed by atoms with Crippen molar-refractivity contribution in [1.29, 1.82) is 0 Å². The number of anilines is 1. The van der Waals surface area contributed by atoms with Gasteiger partial charge in [-0.15, -0.1) is 11.3 Å². The topological polar surface area (TPSA) is 31.4 Å². The molecule has 0 aliphatic carbocycles. The summed E-state index contributed by atoms with van der Waals surface area (Å²) in [6.45, 7) is 11.1. The van der Waals surface area contributed by atoms with Crippen molar-refractivity contribution >= 4 is 16.5 Å². The van der Waals surface area contributed by atoms with Crippen molar-refractivity contribution in [1.82, 2.24) is 15.2 Å². The van der Waals surface area contributed by atoms with E-state index in [1.54, 1.807) is 0 Å². The summed E-state index contributed by atoms with van der Waals surface area (Å²) in [5, 5.41) is 4.73. The van der Waals surface area contributed by atoms with Crippen molar-refractivity contribution in [3.63, 3.8) is 0 Å². The predicted molar refractivity (Wildman–Crippen MR) is 87.7 cm³/mol. The zero-order chi connectivity index (χ0) is 14.5. The number of hydrogen-bond donors (Lipinski definition) is 1. The first-order valence-corrected chi connectivity index (χ1v) is 8.61. The second-order valence-electron chi connectivity index (χ2n) is 5.71. The number of likely N-dealkylation sites (N-methyl/N-ethyl adjacent to an activating group) is 1. The molecule has 1 aliphatic rings. The highest BCUT2D eigenvalue weighted by molar-refractivity contribution is 7.15. The molecule has 1 saturated heterocycles. The highest BCUT2D eigenvalue weighted by Gasteiger charge is 2.25. The van der Waals surface area contributed by atoms with Gasteiger partial charge in [-0.2, -0.15) is 0 Å². The Morgan fingerprint density at radius 2 is 2.25 bits per heavy atom. The molecule has 0 aromatic carbocycles. The molecule has 1 fully saturated rings. The summed E-state index contributed by atoms with van der Waals surface area (Å²) in [6.07, 6.45) is 4.43. The van der Waals surface area contributed by atoms with E-state index >= 15 is 0 Å². The van der Waals surface area contributed by atoms with Gasteiger partial charge in [0.2, 0.25) is 0 Å². The molecule has 20 heavy (non-hydrogen) atoms. The van der Waals surface area contributed by atoms with Crippen LogP contribution in [-0.2, 0) is 0 Å². The first kappa shape index (κ1) is 15.7. The fraction of sp³-hybridized carbons (Fsp3) is 0.800. The van der Waals surface area contributed by atoms with Crippen LogP contribution in [0.25, 0.3) is 0 Å². The number of aromatic nitrogens is 1. The highest BCUT2D eigenvalue weighted by atomic mass is 32.1. The Kier molecular flexibility index (Phi) is 5.81. The third kappa shape index (κ3) is 3.71. The molecule has 2 rings (SSSR count). The Morgan fingerprint density at radius 3 is 2.95 bits per heavy atom. The molecule has 1 aromatic heterocycles. The third-order valence-electron chi connectivity index (χ3n) is 4.16. The monoisotopic (exact) mass is 296 g/mol. The Balaban J connectivity index is 1.98. The third-order valence-corrected chi connectivity index (χ3v) is 5.40. The largest absolute Gasteiger partial charge is 0.345 e. The molecule has 1 aliphatic heterocycles. The smallest absolute Gasteiger partial charge is 0.185 e. The van der Waals surface area contributed by atoms with Gasteiger partial charge in [0.25, 0.3) is 0 Å². The van der Waals surface area contributed by atoms with Gasteiger partial charge in [-0.1, -0.05) is 13.8 Å². The van der Waals surface area contributed by atoms with E-state index in [1.807, 2.05) is 17.5 Å². The second kappa shape index (κ2) is 7.38. The summed E-state index contributed by atoms with van der Waals surface area (Å²) in [7, 11) is 2.23. The molecular formula is C15H28N4S. The van der Waals surface area contributed by atoms with Gasteiger partial charge in [-0.05, 0) is 33.4 Å². The Hall–Kier alpha value is -0.650. The first-order valence-electron chi connectivity index (χ1n) is 7.80. The molecule has 0 spiro atoms. The van der Waals surface area contributed by atoms with Crippen LogP contribution in [-0.4, -0.2) is 49.2 Å². The normalized spacial score (nSPS) is 22.2. The Labute approximate surface area is 127 Å². The summed E-state index contributed by atoms with van der Waals surface area (Å²) in [5.74, 6) is 0. The van der Waals surface area contributed by atoms with E-state index in [0.29, 0.717) is 12.1 Å². The summed E-state index contributed by atoms with van der Waals surface area (Å²) in [6, 6.07) is 1.07. The minimum atomic E-state index is 0.413. The average molecular weight is 296 g/mol. The van der Waals surface area contributed by atoms with Crippen LogP contribution in [0.15, 0.2) is 6.20 Å². The maximum Gasteiger partial charge on any atom is 0.185 e. The fourth-order valence-electron chi connectivity index (χ4n) is 2.65. The van der Waals surface area contributed by atoms with E-state index in [9.17, 15) is 0 Å². The number of piperazine rings is 1. The van der Waals surface area contributed by atoms with Crippen LogP contribution in [0.3, 0.4) is 0 Å². The van der Waals surface area contributed by atoms with E-state index in [-0.39, 0.29) is 0 Å². The van der Waals surface area contributed by atoms with Crippen molar-refractivity contribution in [2.75, 3.05) is 38.1 Å². The van der Waals surface area contributed by atoms with Crippen LogP contribution in [0, 0.1) is 0 Å². The lowest BCUT2D eigenvalue weighted by molar-refractivity contribution is 0.213. The zero-order valence-electron chi connectivity index (χ0n) is 13.2. The SMILES string of the molecule is CCCNC(C)c1cnc(N2CCN(C)C(CC)C2)s1. The molecule has 114 valence electrons. The zero-order valence-corrected chi connectivity index (χ0v) is 14.0. The molecule has 2 unspecified atom stereocenters. The van der Waals surface area contributed by atoms with E-state index in [0.717, 1.165) is 26.2 Å². The lowest BCUT2D eigenvalue weighted by Gasteiger charge is -2.39. The maximum atomic E-state index is 4.65. The van der Waals surface area contributed by atoms with Gasteiger partial charge in [0.1, 0.15) is 0 Å². The van der Waals surface area contributed by atoms with E-state index in [1.165, 1.54) is 22.9 Å². The lowest BCUT2D eigenvalue weighted by Crippen LogP contribution is -2.51. The van der Waals surface area contributed by atoms with Crippen LogP contribution in [0.1, 0.15) is 44.5 Å². The van der Waals surface area contributed by atoms with Crippen LogP contribution in [0.5, 0.6) is 0 Å². The Bertz CT molecular complexity index is 406. The van der Waals surface area contributed by atoms with Crippen LogP contribution in [0.4, 0.5) is 5.13 Å². The van der Waals surface area contributed by atoms with Gasteiger partial charge < -0.3 is 10.2 Å². The average Bonchev–Trinajstić information content (AvgIpc) is 2.95. The van der Waals surface area contributed by atoms with Gasteiger partial charge in [0.15, 0.2) is 5.13 Å². The molecule has 0 amide bonds. The van der Waals surface area contributed by atoms with Crippen LogP contribution in [0.2, 0.25) is 0 Å². The number of nitrogens with zero attached hydrogens (tertiary/aromatic N) is 3. The van der Waals surface area contributed by atoms with Crippen LogP contribution >= 0.6 is 11.3 Å². The van der Waals surface area contributed by atoms with Crippen LogP contribution < -0.4 is 10.2 Å². The Morgan fingerprint density at radius 1 is 1.45 bits per heavy atom. The van der Waals surface area contributed by atoms with Gasteiger partial charge in [-0.3, -0.25) is 4.90 Å². The summed E-state index contributed by atoms with van der Waals surface area (Å²) in [5.41, 5.74) is 0. The van der Waals surface area contributed by atoms with Gasteiger partial charge in [0, 0.05) is 42.8 Å². The molecule has 2 heterocycles.